The minimum atomic E-state index is -4.99. The third kappa shape index (κ3) is 10.4. The van der Waals surface area contributed by atoms with Crippen molar-refractivity contribution in [2.24, 2.45) is 5.41 Å². The number of fused-ring (bicyclic) bond motifs is 5. The molecule has 1 saturated carbocycles. The van der Waals surface area contributed by atoms with Crippen LogP contribution < -0.4 is 28.7 Å². The molecule has 6 heterocycles. The molecule has 2 bridgehead atoms. The van der Waals surface area contributed by atoms with E-state index in [4.69, 9.17) is 43.1 Å². The fraction of sp³-hybridized carbons (Fsp3) is 0.537. The molecule has 73 heavy (non-hydrogen) atoms. The first-order valence-electron chi connectivity index (χ1n) is 25.0. The molecular formula is C54H67F4N7O7Si. The van der Waals surface area contributed by atoms with Gasteiger partial charge in [0.15, 0.2) is 14.1 Å². The number of alkyl halides is 3. The molecule has 1 aliphatic carbocycles. The number of aryl methyl sites for hydroxylation is 1. The first-order valence-corrected chi connectivity index (χ1v) is 27.9. The number of nitrogens with zero attached hydrogens (tertiary/aromatic N) is 7. The lowest BCUT2D eigenvalue weighted by Gasteiger charge is -2.48. The zero-order valence-electron chi connectivity index (χ0n) is 43.9. The van der Waals surface area contributed by atoms with E-state index < -0.39 is 67.0 Å². The minimum absolute atomic E-state index is 0.0122. The third-order valence-electron chi connectivity index (χ3n) is 15.2. The van der Waals surface area contributed by atoms with Gasteiger partial charge < -0.3 is 37.9 Å². The summed E-state index contributed by atoms with van der Waals surface area (Å²) in [5, 5.41) is 0.0810. The standard InChI is InChI=1S/C54H67F4N7O7Si/c1-31-42(54(56,57)58)38(25-40(59-31)63(26-33-13-18-36(67-9)19-14-33)27-34-15-20-37(68-10)21-16-34)44-43(55)45-41-47(62-49(61-45)69-29-53(23-24-53)30-70-73(11,12)52(6,7)8)64-28-35-17-22-39(46(64)32(2)71-48(41)60-44)65(35)50(66)72-51(3,4)5/h13-16,18-21,25,32,35,39,46H,17,22-24,26-30H2,1-12H3/t32-,35+,39-,46+/m0/s1. The average Bonchev–Trinajstić information content (AvgIpc) is 4.05. The third-order valence-corrected chi connectivity index (χ3v) is 19.7. The van der Waals surface area contributed by atoms with Gasteiger partial charge in [0.2, 0.25) is 5.88 Å². The van der Waals surface area contributed by atoms with Crippen molar-refractivity contribution in [3.05, 3.63) is 82.8 Å². The van der Waals surface area contributed by atoms with Crippen LogP contribution in [0.4, 0.5) is 34.0 Å². The highest BCUT2D eigenvalue weighted by Crippen LogP contribution is 2.51. The highest BCUT2D eigenvalue weighted by molar-refractivity contribution is 6.74. The molecule has 3 fully saturated rings. The predicted molar refractivity (Wildman–Crippen MR) is 273 cm³/mol. The zero-order valence-corrected chi connectivity index (χ0v) is 44.9. The van der Waals surface area contributed by atoms with Gasteiger partial charge in [0.1, 0.15) is 51.4 Å². The number of ether oxygens (including phenoxy) is 5. The lowest BCUT2D eigenvalue weighted by Crippen LogP contribution is -2.65. The molecule has 0 unspecified atom stereocenters. The number of hydrogen-bond acceptors (Lipinski definition) is 13. The Labute approximate surface area is 425 Å². The maximum Gasteiger partial charge on any atom is 0.418 e. The molecule has 3 aliphatic heterocycles. The number of carbonyl (C=O) groups is 1. The Morgan fingerprint density at radius 3 is 2.04 bits per heavy atom. The van der Waals surface area contributed by atoms with Crippen LogP contribution in [-0.2, 0) is 28.4 Å². The second-order valence-corrected chi connectivity index (χ2v) is 27.5. The molecule has 4 atom stereocenters. The maximum absolute atomic E-state index is 18.1. The van der Waals surface area contributed by atoms with Crippen molar-refractivity contribution in [2.45, 2.75) is 148 Å². The topological polar surface area (TPSA) is 134 Å². The van der Waals surface area contributed by atoms with E-state index in [0.717, 1.165) is 24.0 Å². The Balaban J connectivity index is 1.19. The van der Waals surface area contributed by atoms with Gasteiger partial charge in [0.25, 0.3) is 0 Å². The van der Waals surface area contributed by atoms with Crippen molar-refractivity contribution in [3.63, 3.8) is 0 Å². The van der Waals surface area contributed by atoms with Crippen LogP contribution in [0.2, 0.25) is 18.1 Å². The molecule has 392 valence electrons. The molecule has 2 aromatic carbocycles. The molecule has 3 aromatic heterocycles. The number of halogens is 4. The number of rotatable bonds is 14. The number of piperazine rings is 1. The van der Waals surface area contributed by atoms with Crippen LogP contribution in [0.1, 0.15) is 96.5 Å². The van der Waals surface area contributed by atoms with Crippen molar-refractivity contribution in [3.8, 4) is 34.6 Å². The van der Waals surface area contributed by atoms with E-state index in [-0.39, 0.29) is 82.9 Å². The number of hydrogen-bond donors (Lipinski definition) is 0. The van der Waals surface area contributed by atoms with Crippen molar-refractivity contribution in [1.82, 2.24) is 24.8 Å². The average molecular weight is 1030 g/mol. The number of amides is 1. The summed E-state index contributed by atoms with van der Waals surface area (Å²) in [4.78, 5) is 38.5. The van der Waals surface area contributed by atoms with Gasteiger partial charge in [-0.2, -0.15) is 23.1 Å². The highest BCUT2D eigenvalue weighted by atomic mass is 28.4. The Kier molecular flexibility index (Phi) is 13.6. The molecule has 4 aliphatic rings. The van der Waals surface area contributed by atoms with Crippen molar-refractivity contribution in [1.29, 1.82) is 0 Å². The Hall–Kier alpha value is -5.95. The fourth-order valence-electron chi connectivity index (χ4n) is 10.0. The smallest absolute Gasteiger partial charge is 0.418 e. The van der Waals surface area contributed by atoms with Gasteiger partial charge in [-0.1, -0.05) is 45.0 Å². The van der Waals surface area contributed by atoms with Crippen LogP contribution in [0.3, 0.4) is 0 Å². The number of aromatic nitrogens is 4. The molecule has 0 radical (unpaired) electrons. The number of pyridine rings is 2. The molecular weight excluding hydrogens is 963 g/mol. The van der Waals surface area contributed by atoms with E-state index >= 15 is 17.6 Å². The van der Waals surface area contributed by atoms with Gasteiger partial charge in [-0.3, -0.25) is 4.90 Å². The summed E-state index contributed by atoms with van der Waals surface area (Å²) in [5.74, 6) is 0.423. The van der Waals surface area contributed by atoms with E-state index in [1.165, 1.54) is 13.0 Å². The Morgan fingerprint density at radius 1 is 0.877 bits per heavy atom. The van der Waals surface area contributed by atoms with Crippen LogP contribution in [-0.4, -0.2) is 103 Å². The van der Waals surface area contributed by atoms with Gasteiger partial charge in [-0.05, 0) is 120 Å². The normalized spacial score (nSPS) is 20.3. The molecule has 0 spiro atoms. The Bertz CT molecular complexity index is 2820. The molecule has 14 nitrogen and oxygen atoms in total. The molecule has 1 amide bonds. The van der Waals surface area contributed by atoms with Crippen LogP contribution in [0.25, 0.3) is 22.2 Å². The maximum atomic E-state index is 18.1. The van der Waals surface area contributed by atoms with Gasteiger partial charge >= 0.3 is 18.3 Å². The summed E-state index contributed by atoms with van der Waals surface area (Å²) in [7, 11) is 1.00. The second kappa shape index (κ2) is 19.1. The summed E-state index contributed by atoms with van der Waals surface area (Å²) in [6.07, 6.45) is -3.20. The molecule has 9 rings (SSSR count). The molecule has 2 saturated heterocycles. The molecule has 0 N–H and O–H groups in total. The largest absolute Gasteiger partial charge is 0.497 e. The van der Waals surface area contributed by atoms with Gasteiger partial charge in [-0.25, -0.2) is 19.2 Å². The van der Waals surface area contributed by atoms with Crippen LogP contribution in [0, 0.1) is 18.2 Å². The first kappa shape index (κ1) is 51.9. The predicted octanol–water partition coefficient (Wildman–Crippen LogP) is 11.7. The van der Waals surface area contributed by atoms with Crippen molar-refractivity contribution >= 4 is 36.9 Å². The van der Waals surface area contributed by atoms with Crippen LogP contribution in [0.15, 0.2) is 54.6 Å². The van der Waals surface area contributed by atoms with Gasteiger partial charge in [0, 0.05) is 37.2 Å². The quantitative estimate of drug-likeness (QED) is 0.0772. The number of anilines is 2. The van der Waals surface area contributed by atoms with E-state index in [1.807, 2.05) is 61.8 Å². The van der Waals surface area contributed by atoms with E-state index in [9.17, 15) is 4.79 Å². The SMILES string of the molecule is COc1ccc(CN(Cc2ccc(OC)cc2)c2cc(-c3nc4c5c(nc(OCC6(CO[Si](C)(C)C(C)(C)C)CC6)nc5c3F)N3C[C@H]5CC[C@@H]([C@H]3[C@H](C)O4)N5C(=O)OC(C)(C)C)c(C(F)(F)F)c(C)n2)cc1. The summed E-state index contributed by atoms with van der Waals surface area (Å²) >= 11 is 0. The van der Waals surface area contributed by atoms with Crippen LogP contribution in [0.5, 0.6) is 23.4 Å². The van der Waals surface area contributed by atoms with E-state index in [1.54, 1.807) is 43.4 Å². The fourth-order valence-corrected chi connectivity index (χ4v) is 11.1. The molecule has 19 heteroatoms. The zero-order chi connectivity index (χ0) is 52.6. The monoisotopic (exact) mass is 1030 g/mol. The second-order valence-electron chi connectivity index (χ2n) is 22.7. The molecule has 5 aromatic rings. The highest BCUT2D eigenvalue weighted by Gasteiger charge is 2.54. The van der Waals surface area contributed by atoms with E-state index in [0.29, 0.717) is 30.9 Å². The number of carbonyl (C=O) groups excluding carboxylic acids is 1. The van der Waals surface area contributed by atoms with E-state index in [2.05, 4.69) is 38.8 Å². The van der Waals surface area contributed by atoms with Crippen molar-refractivity contribution < 1.29 is 50.5 Å². The number of methoxy groups -OCH3 is 2. The Morgan fingerprint density at radius 2 is 1.49 bits per heavy atom. The number of benzene rings is 2. The first-order chi connectivity index (χ1) is 34.3. The van der Waals surface area contributed by atoms with Gasteiger partial charge in [0.05, 0.1) is 50.2 Å². The lowest BCUT2D eigenvalue weighted by atomic mass is 9.98. The summed E-state index contributed by atoms with van der Waals surface area (Å²) in [6.45, 7) is 20.8. The summed E-state index contributed by atoms with van der Waals surface area (Å²) in [6, 6.07) is 14.5. The lowest BCUT2D eigenvalue weighted by molar-refractivity contribution is -0.137. The summed E-state index contributed by atoms with van der Waals surface area (Å²) in [5.41, 5.74) is -2.45. The minimum Gasteiger partial charge on any atom is -0.497 e. The van der Waals surface area contributed by atoms with Gasteiger partial charge in [-0.15, -0.1) is 0 Å². The van der Waals surface area contributed by atoms with Crippen LogP contribution >= 0.6 is 0 Å². The van der Waals surface area contributed by atoms with Crippen molar-refractivity contribution in [2.75, 3.05) is 43.8 Å². The summed E-state index contributed by atoms with van der Waals surface area (Å²) < 4.78 is 101.